The van der Waals surface area contributed by atoms with Crippen molar-refractivity contribution in [2.45, 2.75) is 13.8 Å². The van der Waals surface area contributed by atoms with E-state index in [9.17, 15) is 8.78 Å². The standard InChI is InChI=1S/C16H11ClF2N2/c1-8-3-5-10(12(19)7-8)16-20-14-11(18)6-4-9(2)13(14)15(17)21-16/h3-7H,1-2H3. The zero-order valence-corrected chi connectivity index (χ0v) is 12.2. The summed E-state index contributed by atoms with van der Waals surface area (Å²) < 4.78 is 28.0. The first-order valence-corrected chi connectivity index (χ1v) is 6.74. The van der Waals surface area contributed by atoms with Gasteiger partial charge in [-0.15, -0.1) is 0 Å². The molecule has 0 amide bonds. The highest BCUT2D eigenvalue weighted by Crippen LogP contribution is 2.30. The topological polar surface area (TPSA) is 25.8 Å². The van der Waals surface area contributed by atoms with Crippen LogP contribution < -0.4 is 0 Å². The van der Waals surface area contributed by atoms with Gasteiger partial charge in [-0.05, 0) is 43.2 Å². The maximum absolute atomic E-state index is 14.0. The SMILES string of the molecule is Cc1ccc(-c2nc(Cl)c3c(C)ccc(F)c3n2)c(F)c1. The predicted octanol–water partition coefficient (Wildman–Crippen LogP) is 4.85. The first kappa shape index (κ1) is 13.9. The number of hydrogen-bond acceptors (Lipinski definition) is 2. The van der Waals surface area contributed by atoms with Crippen LogP contribution in [0.25, 0.3) is 22.3 Å². The molecule has 0 saturated carbocycles. The summed E-state index contributed by atoms with van der Waals surface area (Å²) in [6, 6.07) is 7.61. The van der Waals surface area contributed by atoms with Crippen LogP contribution in [0.5, 0.6) is 0 Å². The lowest BCUT2D eigenvalue weighted by Gasteiger charge is -2.08. The number of fused-ring (bicyclic) bond motifs is 1. The zero-order chi connectivity index (χ0) is 15.1. The van der Waals surface area contributed by atoms with Crippen molar-refractivity contribution >= 4 is 22.5 Å². The Kier molecular flexibility index (Phi) is 3.33. The minimum absolute atomic E-state index is 0.0782. The average molecular weight is 305 g/mol. The lowest BCUT2D eigenvalue weighted by Crippen LogP contribution is -1.97. The van der Waals surface area contributed by atoms with E-state index in [1.807, 2.05) is 0 Å². The van der Waals surface area contributed by atoms with Crippen LogP contribution in [-0.4, -0.2) is 9.97 Å². The van der Waals surface area contributed by atoms with Gasteiger partial charge in [0, 0.05) is 5.39 Å². The van der Waals surface area contributed by atoms with Crippen molar-refractivity contribution in [3.05, 3.63) is 58.2 Å². The third-order valence-corrected chi connectivity index (χ3v) is 3.60. The summed E-state index contributed by atoms with van der Waals surface area (Å²) in [7, 11) is 0. The monoisotopic (exact) mass is 304 g/mol. The van der Waals surface area contributed by atoms with Gasteiger partial charge >= 0.3 is 0 Å². The molecule has 0 aliphatic rings. The Balaban J connectivity index is 2.33. The highest BCUT2D eigenvalue weighted by atomic mass is 35.5. The quantitative estimate of drug-likeness (QED) is 0.601. The Morgan fingerprint density at radius 1 is 0.952 bits per heavy atom. The molecule has 2 nitrogen and oxygen atoms in total. The molecule has 2 aromatic carbocycles. The molecule has 0 atom stereocenters. The Bertz CT molecular complexity index is 863. The van der Waals surface area contributed by atoms with E-state index in [1.54, 1.807) is 32.0 Å². The normalized spacial score (nSPS) is 11.1. The fourth-order valence-electron chi connectivity index (χ4n) is 2.24. The van der Waals surface area contributed by atoms with E-state index in [0.29, 0.717) is 5.39 Å². The number of halogens is 3. The molecular weight excluding hydrogens is 294 g/mol. The van der Waals surface area contributed by atoms with Crippen molar-refractivity contribution in [2.75, 3.05) is 0 Å². The summed E-state index contributed by atoms with van der Waals surface area (Å²) in [6.07, 6.45) is 0. The van der Waals surface area contributed by atoms with E-state index in [4.69, 9.17) is 11.6 Å². The first-order chi connectivity index (χ1) is 9.97. The Labute approximate surface area is 125 Å². The van der Waals surface area contributed by atoms with Crippen molar-refractivity contribution in [3.63, 3.8) is 0 Å². The van der Waals surface area contributed by atoms with Crippen molar-refractivity contribution < 1.29 is 8.78 Å². The lowest BCUT2D eigenvalue weighted by atomic mass is 10.1. The second-order valence-electron chi connectivity index (χ2n) is 4.91. The number of hydrogen-bond donors (Lipinski definition) is 0. The van der Waals surface area contributed by atoms with Gasteiger partial charge in [-0.2, -0.15) is 0 Å². The maximum atomic E-state index is 14.0. The van der Waals surface area contributed by atoms with Crippen LogP contribution in [0.3, 0.4) is 0 Å². The van der Waals surface area contributed by atoms with Gasteiger partial charge in [0.2, 0.25) is 0 Å². The minimum Gasteiger partial charge on any atom is -0.225 e. The van der Waals surface area contributed by atoms with E-state index in [-0.39, 0.29) is 22.1 Å². The second kappa shape index (κ2) is 5.04. The van der Waals surface area contributed by atoms with Gasteiger partial charge < -0.3 is 0 Å². The number of rotatable bonds is 1. The molecule has 3 rings (SSSR count). The molecule has 0 fully saturated rings. The van der Waals surface area contributed by atoms with Crippen LogP contribution >= 0.6 is 11.6 Å². The average Bonchev–Trinajstić information content (AvgIpc) is 2.42. The van der Waals surface area contributed by atoms with Crippen molar-refractivity contribution in [2.24, 2.45) is 0 Å². The molecule has 0 radical (unpaired) electrons. The first-order valence-electron chi connectivity index (χ1n) is 6.36. The van der Waals surface area contributed by atoms with Gasteiger partial charge in [-0.1, -0.05) is 23.7 Å². The predicted molar refractivity (Wildman–Crippen MR) is 79.4 cm³/mol. The molecule has 0 bridgehead atoms. The van der Waals surface area contributed by atoms with Crippen LogP contribution in [0.4, 0.5) is 8.78 Å². The van der Waals surface area contributed by atoms with Crippen molar-refractivity contribution in [1.82, 2.24) is 9.97 Å². The fourth-order valence-corrected chi connectivity index (χ4v) is 2.56. The molecule has 0 aliphatic heterocycles. The summed E-state index contributed by atoms with van der Waals surface area (Å²) in [5.74, 6) is -0.887. The molecule has 0 spiro atoms. The van der Waals surface area contributed by atoms with Gasteiger partial charge in [0.25, 0.3) is 0 Å². The van der Waals surface area contributed by atoms with Crippen LogP contribution in [0.15, 0.2) is 30.3 Å². The Morgan fingerprint density at radius 2 is 1.71 bits per heavy atom. The highest BCUT2D eigenvalue weighted by molar-refractivity contribution is 6.34. The van der Waals surface area contributed by atoms with Crippen LogP contribution in [0.2, 0.25) is 5.15 Å². The van der Waals surface area contributed by atoms with Crippen LogP contribution in [0.1, 0.15) is 11.1 Å². The fraction of sp³-hybridized carbons (Fsp3) is 0.125. The van der Waals surface area contributed by atoms with E-state index < -0.39 is 11.6 Å². The summed E-state index contributed by atoms with van der Waals surface area (Å²) in [5.41, 5.74) is 1.85. The Hall–Kier alpha value is -2.07. The van der Waals surface area contributed by atoms with Gasteiger partial charge in [0.15, 0.2) is 5.82 Å². The molecule has 0 unspecified atom stereocenters. The largest absolute Gasteiger partial charge is 0.225 e. The number of benzene rings is 2. The lowest BCUT2D eigenvalue weighted by molar-refractivity contribution is 0.627. The minimum atomic E-state index is -0.506. The van der Waals surface area contributed by atoms with E-state index >= 15 is 0 Å². The Morgan fingerprint density at radius 3 is 2.43 bits per heavy atom. The molecule has 1 aromatic heterocycles. The summed E-state index contributed by atoms with van der Waals surface area (Å²) in [5, 5.41) is 0.569. The third-order valence-electron chi connectivity index (χ3n) is 3.33. The third kappa shape index (κ3) is 2.36. The molecule has 21 heavy (non-hydrogen) atoms. The molecule has 5 heteroatoms. The van der Waals surface area contributed by atoms with Gasteiger partial charge in [0.1, 0.15) is 22.3 Å². The van der Waals surface area contributed by atoms with Crippen molar-refractivity contribution in [3.8, 4) is 11.4 Å². The second-order valence-corrected chi connectivity index (χ2v) is 5.27. The van der Waals surface area contributed by atoms with E-state index in [1.165, 1.54) is 12.1 Å². The summed E-state index contributed by atoms with van der Waals surface area (Å²) >= 11 is 6.13. The van der Waals surface area contributed by atoms with Gasteiger partial charge in [-0.25, -0.2) is 18.7 Å². The molecule has 106 valence electrons. The van der Waals surface area contributed by atoms with E-state index in [2.05, 4.69) is 9.97 Å². The van der Waals surface area contributed by atoms with Crippen molar-refractivity contribution in [1.29, 1.82) is 0 Å². The molecule has 1 heterocycles. The molecular formula is C16H11ClF2N2. The zero-order valence-electron chi connectivity index (χ0n) is 11.4. The highest BCUT2D eigenvalue weighted by Gasteiger charge is 2.15. The van der Waals surface area contributed by atoms with E-state index in [0.717, 1.165) is 11.1 Å². The summed E-state index contributed by atoms with van der Waals surface area (Å²) in [6.45, 7) is 3.58. The van der Waals surface area contributed by atoms with Gasteiger partial charge in [0.05, 0.1) is 5.56 Å². The van der Waals surface area contributed by atoms with Crippen LogP contribution in [-0.2, 0) is 0 Å². The molecule has 0 aliphatic carbocycles. The number of aromatic nitrogens is 2. The van der Waals surface area contributed by atoms with Crippen LogP contribution in [0, 0.1) is 25.5 Å². The number of aryl methyl sites for hydroxylation is 2. The molecule has 0 saturated heterocycles. The smallest absolute Gasteiger partial charge is 0.164 e. The van der Waals surface area contributed by atoms with Gasteiger partial charge in [-0.3, -0.25) is 0 Å². The number of nitrogens with zero attached hydrogens (tertiary/aromatic N) is 2. The maximum Gasteiger partial charge on any atom is 0.164 e. The summed E-state index contributed by atoms with van der Waals surface area (Å²) in [4.78, 5) is 8.26. The molecule has 3 aromatic rings. The molecule has 0 N–H and O–H groups in total.